The van der Waals surface area contributed by atoms with Crippen molar-refractivity contribution in [2.45, 2.75) is 19.6 Å². The zero-order chi connectivity index (χ0) is 11.1. The molecule has 0 atom stereocenters. The molecular weight excluding hydrogens is 210 g/mol. The van der Waals surface area contributed by atoms with E-state index in [1.165, 1.54) is 6.33 Å². The molecule has 0 fully saturated rings. The molecule has 0 bridgehead atoms. The molecule has 2 aromatic rings. The monoisotopic (exact) mass is 223 g/mol. The summed E-state index contributed by atoms with van der Waals surface area (Å²) < 4.78 is 0. The van der Waals surface area contributed by atoms with Gasteiger partial charge in [0.05, 0.1) is 6.33 Å². The summed E-state index contributed by atoms with van der Waals surface area (Å²) in [5.74, 6) is 0.499. The van der Waals surface area contributed by atoms with Gasteiger partial charge in [-0.25, -0.2) is 4.98 Å². The Morgan fingerprint density at radius 3 is 2.80 bits per heavy atom. The van der Waals surface area contributed by atoms with Gasteiger partial charge in [-0.05, 0) is 0 Å². The molecule has 0 spiro atoms. The van der Waals surface area contributed by atoms with Gasteiger partial charge in [-0.3, -0.25) is 9.78 Å². The van der Waals surface area contributed by atoms with Crippen molar-refractivity contribution in [2.24, 2.45) is 0 Å². The van der Waals surface area contributed by atoms with Crippen LogP contribution in [0.5, 0.6) is 0 Å². The maximum atomic E-state index is 11.6. The second-order valence-electron chi connectivity index (χ2n) is 4.39. The van der Waals surface area contributed by atoms with E-state index in [1.807, 2.05) is 0 Å². The Bertz CT molecular complexity index is 538. The average molecular weight is 223 g/mol. The van der Waals surface area contributed by atoms with E-state index in [2.05, 4.69) is 44.6 Å². The lowest BCUT2D eigenvalue weighted by Crippen LogP contribution is -2.34. The molecule has 7 heteroatoms. The number of H-pyrrole nitrogens is 2. The minimum absolute atomic E-state index is 0.196. The van der Waals surface area contributed by atoms with Crippen molar-refractivity contribution < 1.29 is 0 Å². The number of fused-ring (bicyclic) bond motifs is 1. The summed E-state index contributed by atoms with van der Waals surface area (Å²) >= 11 is 0. The Labute approximate surface area is 87.2 Å². The molecule has 80 valence electrons. The van der Waals surface area contributed by atoms with Gasteiger partial charge >= 0.3 is 0 Å². The van der Waals surface area contributed by atoms with Gasteiger partial charge in [0.2, 0.25) is 0 Å². The van der Waals surface area contributed by atoms with E-state index in [1.54, 1.807) is 0 Å². The van der Waals surface area contributed by atoms with Crippen LogP contribution in [0.25, 0.3) is 11.2 Å². The second kappa shape index (κ2) is 3.19. The van der Waals surface area contributed by atoms with E-state index in [9.17, 15) is 4.79 Å². The summed E-state index contributed by atoms with van der Waals surface area (Å²) in [7, 11) is -1.51. The maximum Gasteiger partial charge on any atom is 0.278 e. The molecule has 0 radical (unpaired) electrons. The third kappa shape index (κ3) is 2.07. The van der Waals surface area contributed by atoms with Crippen LogP contribution in [0.3, 0.4) is 0 Å². The Kier molecular flexibility index (Phi) is 2.11. The first kappa shape index (κ1) is 9.90. The molecular formula is C8H13N5OSi. The smallest absolute Gasteiger partial charge is 0.278 e. The predicted octanol–water partition coefficient (Wildman–Crippen LogP) is 0.893. The van der Waals surface area contributed by atoms with Crippen molar-refractivity contribution in [2.75, 3.05) is 4.98 Å². The van der Waals surface area contributed by atoms with E-state index in [-0.39, 0.29) is 5.56 Å². The number of aromatic nitrogens is 4. The Balaban J connectivity index is 2.50. The second-order valence-corrected chi connectivity index (χ2v) is 9.14. The summed E-state index contributed by atoms with van der Waals surface area (Å²) in [6.07, 6.45) is 1.46. The third-order valence-corrected chi connectivity index (χ3v) is 2.78. The molecule has 0 amide bonds. The number of nitrogens with one attached hydrogen (secondary N) is 3. The number of nitrogens with zero attached hydrogens (tertiary/aromatic N) is 2. The number of imidazole rings is 1. The first-order valence-corrected chi connectivity index (χ1v) is 8.17. The van der Waals surface area contributed by atoms with Crippen molar-refractivity contribution in [3.05, 3.63) is 16.7 Å². The van der Waals surface area contributed by atoms with Crippen LogP contribution in [0.4, 0.5) is 5.95 Å². The number of hydrogen-bond acceptors (Lipinski definition) is 4. The van der Waals surface area contributed by atoms with Gasteiger partial charge in [-0.15, -0.1) is 0 Å². The van der Waals surface area contributed by atoms with E-state index in [0.29, 0.717) is 17.1 Å². The van der Waals surface area contributed by atoms with Crippen LogP contribution < -0.4 is 10.5 Å². The Morgan fingerprint density at radius 1 is 1.40 bits per heavy atom. The van der Waals surface area contributed by atoms with E-state index >= 15 is 0 Å². The van der Waals surface area contributed by atoms with Crippen molar-refractivity contribution in [3.63, 3.8) is 0 Å². The van der Waals surface area contributed by atoms with E-state index in [0.717, 1.165) is 0 Å². The molecule has 0 aromatic carbocycles. The van der Waals surface area contributed by atoms with E-state index < -0.39 is 8.24 Å². The summed E-state index contributed by atoms with van der Waals surface area (Å²) in [5, 5.41) is 0. The number of anilines is 1. The number of hydrogen-bond donors (Lipinski definition) is 3. The van der Waals surface area contributed by atoms with Crippen molar-refractivity contribution >= 4 is 25.3 Å². The molecule has 0 aliphatic heterocycles. The summed E-state index contributed by atoms with van der Waals surface area (Å²) in [5.41, 5.74) is 0.661. The molecule has 0 aliphatic carbocycles. The molecule has 2 rings (SSSR count). The zero-order valence-electron chi connectivity index (χ0n) is 8.88. The van der Waals surface area contributed by atoms with Crippen molar-refractivity contribution in [1.29, 1.82) is 0 Å². The van der Waals surface area contributed by atoms with Gasteiger partial charge in [0.25, 0.3) is 5.56 Å². The quantitative estimate of drug-likeness (QED) is 0.660. The van der Waals surface area contributed by atoms with Gasteiger partial charge < -0.3 is 9.97 Å². The lowest BCUT2D eigenvalue weighted by atomic mass is 10.5. The predicted molar refractivity (Wildman–Crippen MR) is 61.5 cm³/mol. The lowest BCUT2D eigenvalue weighted by Gasteiger charge is -2.17. The maximum absolute atomic E-state index is 11.6. The van der Waals surface area contributed by atoms with Crippen molar-refractivity contribution in [3.8, 4) is 0 Å². The lowest BCUT2D eigenvalue weighted by molar-refractivity contribution is 1.16. The number of rotatable bonds is 2. The van der Waals surface area contributed by atoms with Gasteiger partial charge in [-0.2, -0.15) is 4.98 Å². The molecule has 0 saturated heterocycles. The van der Waals surface area contributed by atoms with Gasteiger partial charge in [0, 0.05) is 0 Å². The van der Waals surface area contributed by atoms with Crippen LogP contribution in [0.15, 0.2) is 11.1 Å². The van der Waals surface area contributed by atoms with Gasteiger partial charge in [0.15, 0.2) is 17.1 Å². The fourth-order valence-electron chi connectivity index (χ4n) is 1.26. The van der Waals surface area contributed by atoms with Crippen LogP contribution >= 0.6 is 0 Å². The van der Waals surface area contributed by atoms with Crippen LogP contribution in [0, 0.1) is 0 Å². The topological polar surface area (TPSA) is 86.5 Å². The molecule has 0 unspecified atom stereocenters. The fraction of sp³-hybridized carbons (Fsp3) is 0.375. The first-order chi connectivity index (χ1) is 6.96. The fourth-order valence-corrected chi connectivity index (χ4v) is 2.09. The van der Waals surface area contributed by atoms with Crippen LogP contribution in [-0.2, 0) is 0 Å². The summed E-state index contributed by atoms with van der Waals surface area (Å²) in [6.45, 7) is 6.38. The average Bonchev–Trinajstić information content (AvgIpc) is 2.48. The minimum atomic E-state index is -1.51. The first-order valence-electron chi connectivity index (χ1n) is 4.67. The highest BCUT2D eigenvalue weighted by molar-refractivity contribution is 6.79. The highest BCUT2D eigenvalue weighted by atomic mass is 28.3. The normalized spacial score (nSPS) is 11.9. The van der Waals surface area contributed by atoms with Crippen LogP contribution in [-0.4, -0.2) is 28.2 Å². The Morgan fingerprint density at radius 2 is 2.13 bits per heavy atom. The molecule has 3 N–H and O–H groups in total. The standard InChI is InChI=1S/C8H13N5OSi/c1-15(2,3)13-8-11-6-5(7(14)12-8)9-4-10-6/h4H,1-3H3,(H3,9,10,11,12,13,14). The van der Waals surface area contributed by atoms with E-state index in [4.69, 9.17) is 0 Å². The van der Waals surface area contributed by atoms with Gasteiger partial charge in [0.1, 0.15) is 8.24 Å². The highest BCUT2D eigenvalue weighted by Crippen LogP contribution is 2.07. The molecule has 6 nitrogen and oxygen atoms in total. The zero-order valence-corrected chi connectivity index (χ0v) is 9.88. The summed E-state index contributed by atoms with van der Waals surface area (Å²) in [6, 6.07) is 0. The third-order valence-electron chi connectivity index (χ3n) is 1.79. The van der Waals surface area contributed by atoms with Crippen LogP contribution in [0.2, 0.25) is 19.6 Å². The van der Waals surface area contributed by atoms with Gasteiger partial charge in [-0.1, -0.05) is 19.6 Å². The minimum Gasteiger partial charge on any atom is -0.382 e. The Hall–Kier alpha value is -1.63. The summed E-state index contributed by atoms with van der Waals surface area (Å²) in [4.78, 5) is 28.4. The largest absolute Gasteiger partial charge is 0.382 e. The highest BCUT2D eigenvalue weighted by Gasteiger charge is 2.15. The molecule has 0 saturated carbocycles. The molecule has 2 aromatic heterocycles. The van der Waals surface area contributed by atoms with Crippen molar-refractivity contribution in [1.82, 2.24) is 19.9 Å². The molecule has 0 aliphatic rings. The molecule has 2 heterocycles. The van der Waals surface area contributed by atoms with Crippen LogP contribution in [0.1, 0.15) is 0 Å². The molecule has 15 heavy (non-hydrogen) atoms. The SMILES string of the molecule is C[Si](C)(C)Nc1nc2nc[nH]c2c(=O)[nH]1. The number of aromatic amines is 2.